The number of aryl methyl sites for hydroxylation is 2. The van der Waals surface area contributed by atoms with E-state index in [2.05, 4.69) is 5.43 Å². The summed E-state index contributed by atoms with van der Waals surface area (Å²) in [5.41, 5.74) is 3.41. The number of carbonyl (C=O) groups excluding carboxylic acids is 1. The monoisotopic (exact) mass is 314 g/mol. The van der Waals surface area contributed by atoms with Gasteiger partial charge in [0, 0.05) is 12.0 Å². The summed E-state index contributed by atoms with van der Waals surface area (Å²) in [4.78, 5) is 11.5. The lowest BCUT2D eigenvalue weighted by Gasteiger charge is -2.37. The second-order valence-corrected chi connectivity index (χ2v) is 6.42. The molecular weight excluding hydrogens is 293 g/mol. The van der Waals surface area contributed by atoms with Crippen LogP contribution < -0.4 is 5.43 Å². The third kappa shape index (κ3) is 3.61. The average molecular weight is 314 g/mol. The number of hydrogen-bond acceptors (Lipinski definition) is 2. The zero-order valence-electron chi connectivity index (χ0n) is 13.0. The molecule has 1 fully saturated rings. The van der Waals surface area contributed by atoms with Crippen molar-refractivity contribution in [3.63, 3.8) is 0 Å². The molecule has 1 aromatic carbocycles. The molecule has 1 aliphatic heterocycles. The fourth-order valence-electron chi connectivity index (χ4n) is 2.93. The van der Waals surface area contributed by atoms with Crippen LogP contribution in [0, 0.1) is 6.92 Å². The Bertz CT molecular complexity index is 555. The summed E-state index contributed by atoms with van der Waals surface area (Å²) in [6.45, 7) is 5.19. The van der Waals surface area contributed by atoms with E-state index in [9.17, 15) is 18.0 Å². The van der Waals surface area contributed by atoms with Gasteiger partial charge < -0.3 is 0 Å². The van der Waals surface area contributed by atoms with Crippen LogP contribution in [0.4, 0.5) is 13.2 Å². The van der Waals surface area contributed by atoms with E-state index in [1.165, 1.54) is 0 Å². The molecule has 1 amide bonds. The fourth-order valence-corrected chi connectivity index (χ4v) is 2.93. The predicted octanol–water partition coefficient (Wildman–Crippen LogP) is 3.37. The molecule has 0 spiro atoms. The number of nitrogens with one attached hydrogen (secondary N) is 1. The number of benzene rings is 1. The minimum absolute atomic E-state index is 0.0734. The van der Waals surface area contributed by atoms with Crippen molar-refractivity contribution < 1.29 is 18.0 Å². The van der Waals surface area contributed by atoms with E-state index in [0.717, 1.165) is 16.1 Å². The molecule has 1 unspecified atom stereocenters. The lowest BCUT2D eigenvalue weighted by Crippen LogP contribution is -2.56. The SMILES string of the molecule is Cc1ccccc1CCC(N1NC(=O)CC1(C)C)C(F)(F)F. The van der Waals surface area contributed by atoms with Crippen molar-refractivity contribution in [1.29, 1.82) is 0 Å². The van der Waals surface area contributed by atoms with Gasteiger partial charge in [0.15, 0.2) is 0 Å². The topological polar surface area (TPSA) is 32.3 Å². The van der Waals surface area contributed by atoms with Crippen LogP contribution in [0.5, 0.6) is 0 Å². The van der Waals surface area contributed by atoms with Gasteiger partial charge in [-0.1, -0.05) is 24.3 Å². The fraction of sp³-hybridized carbons (Fsp3) is 0.562. The Labute approximate surface area is 128 Å². The zero-order chi connectivity index (χ0) is 16.5. The van der Waals surface area contributed by atoms with E-state index >= 15 is 0 Å². The number of rotatable bonds is 4. The highest BCUT2D eigenvalue weighted by Crippen LogP contribution is 2.35. The lowest BCUT2D eigenvalue weighted by atomic mass is 9.96. The van der Waals surface area contributed by atoms with Crippen molar-refractivity contribution in [2.45, 2.75) is 57.8 Å². The summed E-state index contributed by atoms with van der Waals surface area (Å²) in [5, 5.41) is 1.08. The Morgan fingerprint density at radius 3 is 2.45 bits per heavy atom. The highest BCUT2D eigenvalue weighted by Gasteiger charge is 2.51. The zero-order valence-corrected chi connectivity index (χ0v) is 13.0. The van der Waals surface area contributed by atoms with Gasteiger partial charge in [0.25, 0.3) is 0 Å². The van der Waals surface area contributed by atoms with E-state index in [4.69, 9.17) is 0 Å². The van der Waals surface area contributed by atoms with Gasteiger partial charge in [0.1, 0.15) is 6.04 Å². The van der Waals surface area contributed by atoms with E-state index < -0.39 is 17.8 Å². The van der Waals surface area contributed by atoms with Crippen LogP contribution in [-0.4, -0.2) is 28.7 Å². The molecule has 0 radical (unpaired) electrons. The van der Waals surface area contributed by atoms with Crippen molar-refractivity contribution in [2.24, 2.45) is 0 Å². The molecule has 0 aromatic heterocycles. The molecule has 2 rings (SSSR count). The van der Waals surface area contributed by atoms with Gasteiger partial charge in [0.05, 0.1) is 0 Å². The summed E-state index contributed by atoms with van der Waals surface area (Å²) >= 11 is 0. The molecule has 1 aliphatic rings. The van der Waals surface area contributed by atoms with Crippen molar-refractivity contribution in [3.8, 4) is 0 Å². The predicted molar refractivity (Wildman–Crippen MR) is 78.0 cm³/mol. The minimum atomic E-state index is -4.39. The van der Waals surface area contributed by atoms with Gasteiger partial charge in [-0.2, -0.15) is 13.2 Å². The van der Waals surface area contributed by atoms with Crippen LogP contribution in [0.2, 0.25) is 0 Å². The number of halogens is 3. The Balaban J connectivity index is 2.18. The normalized spacial score (nSPS) is 20.0. The summed E-state index contributed by atoms with van der Waals surface area (Å²) in [6.07, 6.45) is -4.08. The third-order valence-electron chi connectivity index (χ3n) is 4.13. The molecule has 122 valence electrons. The molecule has 0 saturated carbocycles. The van der Waals surface area contributed by atoms with E-state index in [1.54, 1.807) is 13.8 Å². The maximum Gasteiger partial charge on any atom is 0.405 e. The minimum Gasteiger partial charge on any atom is -0.288 e. The number of alkyl halides is 3. The van der Waals surface area contributed by atoms with Gasteiger partial charge in [-0.25, -0.2) is 5.01 Å². The molecule has 1 heterocycles. The summed E-state index contributed by atoms with van der Waals surface area (Å²) in [6, 6.07) is 5.74. The molecule has 1 aromatic rings. The number of carbonyl (C=O) groups is 1. The molecular formula is C16H21F3N2O. The number of hydrogen-bond donors (Lipinski definition) is 1. The molecule has 1 saturated heterocycles. The van der Waals surface area contributed by atoms with Crippen LogP contribution >= 0.6 is 0 Å². The molecule has 0 bridgehead atoms. The number of amides is 1. The van der Waals surface area contributed by atoms with Crippen LogP contribution in [0.15, 0.2) is 24.3 Å². The lowest BCUT2D eigenvalue weighted by molar-refractivity contribution is -0.202. The van der Waals surface area contributed by atoms with E-state index in [1.807, 2.05) is 31.2 Å². The Morgan fingerprint density at radius 1 is 1.32 bits per heavy atom. The Morgan fingerprint density at radius 2 is 1.95 bits per heavy atom. The quantitative estimate of drug-likeness (QED) is 0.924. The summed E-state index contributed by atoms with van der Waals surface area (Å²) < 4.78 is 40.4. The van der Waals surface area contributed by atoms with Crippen LogP contribution in [0.25, 0.3) is 0 Å². The molecule has 1 N–H and O–H groups in total. The Kier molecular flexibility index (Phi) is 4.52. The first-order valence-electron chi connectivity index (χ1n) is 7.31. The van der Waals surface area contributed by atoms with Crippen molar-refractivity contribution >= 4 is 5.91 Å². The maximum absolute atomic E-state index is 13.5. The largest absolute Gasteiger partial charge is 0.405 e. The smallest absolute Gasteiger partial charge is 0.288 e. The van der Waals surface area contributed by atoms with Crippen LogP contribution in [0.1, 0.15) is 37.8 Å². The molecule has 3 nitrogen and oxygen atoms in total. The second kappa shape index (κ2) is 5.91. The van der Waals surface area contributed by atoms with Crippen molar-refractivity contribution in [2.75, 3.05) is 0 Å². The first kappa shape index (κ1) is 16.8. The summed E-state index contributed by atoms with van der Waals surface area (Å²) in [5.74, 6) is -0.366. The van der Waals surface area contributed by atoms with E-state index in [-0.39, 0.29) is 18.7 Å². The average Bonchev–Trinajstić information content (AvgIpc) is 2.63. The van der Waals surface area contributed by atoms with Crippen LogP contribution in [0.3, 0.4) is 0 Å². The molecule has 1 atom stereocenters. The highest BCUT2D eigenvalue weighted by atomic mass is 19.4. The number of nitrogens with zero attached hydrogens (tertiary/aromatic N) is 1. The van der Waals surface area contributed by atoms with Crippen LogP contribution in [-0.2, 0) is 11.2 Å². The number of hydrazine groups is 1. The van der Waals surface area contributed by atoms with Gasteiger partial charge in [0.2, 0.25) is 5.91 Å². The van der Waals surface area contributed by atoms with Gasteiger partial charge in [-0.15, -0.1) is 0 Å². The standard InChI is InChI=1S/C16H21F3N2O/c1-11-6-4-5-7-12(11)8-9-13(16(17,18)19)21-15(2,3)10-14(22)20-21/h4-7,13H,8-10H2,1-3H3,(H,20,22). The van der Waals surface area contributed by atoms with Gasteiger partial charge >= 0.3 is 6.18 Å². The first-order valence-corrected chi connectivity index (χ1v) is 7.31. The maximum atomic E-state index is 13.5. The van der Waals surface area contributed by atoms with Crippen molar-refractivity contribution in [3.05, 3.63) is 35.4 Å². The molecule has 22 heavy (non-hydrogen) atoms. The van der Waals surface area contributed by atoms with Gasteiger partial charge in [-0.05, 0) is 44.7 Å². The second-order valence-electron chi connectivity index (χ2n) is 6.42. The molecule has 6 heteroatoms. The van der Waals surface area contributed by atoms with Crippen molar-refractivity contribution in [1.82, 2.24) is 10.4 Å². The van der Waals surface area contributed by atoms with Gasteiger partial charge in [-0.3, -0.25) is 10.2 Å². The third-order valence-corrected chi connectivity index (χ3v) is 4.13. The molecule has 0 aliphatic carbocycles. The Hall–Kier alpha value is -1.56. The summed E-state index contributed by atoms with van der Waals surface area (Å²) in [7, 11) is 0. The van der Waals surface area contributed by atoms with E-state index in [0.29, 0.717) is 6.42 Å². The highest BCUT2D eigenvalue weighted by molar-refractivity contribution is 5.78. The first-order chi connectivity index (χ1) is 10.1.